The van der Waals surface area contributed by atoms with Crippen molar-refractivity contribution in [1.29, 1.82) is 0 Å². The molecule has 1 amide bonds. The van der Waals surface area contributed by atoms with Crippen molar-refractivity contribution in [3.63, 3.8) is 0 Å². The Morgan fingerprint density at radius 3 is 2.43 bits per heavy atom. The smallest absolute Gasteiger partial charge is 0.235 e. The number of sulfone groups is 1. The highest BCUT2D eigenvalue weighted by Crippen LogP contribution is 2.09. The fraction of sp³-hybridized carbons (Fsp3) is 0.235. The molecule has 0 spiro atoms. The number of hydrogen-bond acceptors (Lipinski definition) is 3. The van der Waals surface area contributed by atoms with Gasteiger partial charge in [-0.15, -0.1) is 0 Å². The lowest BCUT2D eigenvalue weighted by Crippen LogP contribution is -2.30. The number of halogens is 1. The summed E-state index contributed by atoms with van der Waals surface area (Å²) in [6.45, 7) is 1.80. The number of amides is 1. The Hall–Kier alpha value is -2.21. The highest BCUT2D eigenvalue weighted by atomic mass is 32.2. The molecule has 0 radical (unpaired) electrons. The lowest BCUT2D eigenvalue weighted by atomic mass is 10.1. The number of nitrogens with one attached hydrogen (secondary N) is 1. The molecular weight excluding hydrogens is 317 g/mol. The van der Waals surface area contributed by atoms with Gasteiger partial charge in [0.05, 0.1) is 5.75 Å². The molecule has 2 aromatic carbocycles. The van der Waals surface area contributed by atoms with Crippen LogP contribution in [0.4, 0.5) is 4.39 Å². The molecule has 0 atom stereocenters. The van der Waals surface area contributed by atoms with Crippen LogP contribution < -0.4 is 5.32 Å². The quantitative estimate of drug-likeness (QED) is 0.881. The average Bonchev–Trinajstić information content (AvgIpc) is 2.48. The van der Waals surface area contributed by atoms with Gasteiger partial charge in [0.1, 0.15) is 11.6 Å². The second-order valence-electron chi connectivity index (χ2n) is 5.38. The van der Waals surface area contributed by atoms with E-state index in [4.69, 9.17) is 0 Å². The van der Waals surface area contributed by atoms with Crippen LogP contribution in [-0.2, 0) is 26.9 Å². The third-order valence-corrected chi connectivity index (χ3v) is 4.77. The first kappa shape index (κ1) is 17.1. The van der Waals surface area contributed by atoms with Crippen molar-refractivity contribution in [1.82, 2.24) is 5.32 Å². The average molecular weight is 335 g/mol. The first-order chi connectivity index (χ1) is 10.9. The van der Waals surface area contributed by atoms with E-state index in [1.54, 1.807) is 49.4 Å². The summed E-state index contributed by atoms with van der Waals surface area (Å²) in [4.78, 5) is 11.8. The molecular formula is C17H18FNO3S. The maximum absolute atomic E-state index is 13.2. The number of hydrogen-bond donors (Lipinski definition) is 1. The lowest BCUT2D eigenvalue weighted by molar-refractivity contribution is -0.118. The fourth-order valence-electron chi connectivity index (χ4n) is 2.15. The number of benzene rings is 2. The van der Waals surface area contributed by atoms with E-state index < -0.39 is 21.5 Å². The van der Waals surface area contributed by atoms with E-state index in [0.717, 1.165) is 5.56 Å². The van der Waals surface area contributed by atoms with Crippen LogP contribution in [0.25, 0.3) is 0 Å². The zero-order valence-corrected chi connectivity index (χ0v) is 13.6. The molecule has 0 bridgehead atoms. The summed E-state index contributed by atoms with van der Waals surface area (Å²) in [5.41, 5.74) is 1.85. The largest absolute Gasteiger partial charge is 0.351 e. The van der Waals surface area contributed by atoms with E-state index in [2.05, 4.69) is 5.32 Å². The Kier molecular flexibility index (Phi) is 5.50. The third-order valence-electron chi connectivity index (χ3n) is 3.29. The maximum atomic E-state index is 13.2. The summed E-state index contributed by atoms with van der Waals surface area (Å²) in [5.74, 6) is -1.62. The molecule has 0 aliphatic heterocycles. The first-order valence-corrected chi connectivity index (χ1v) is 8.94. The van der Waals surface area contributed by atoms with Crippen LogP contribution in [0, 0.1) is 12.7 Å². The Morgan fingerprint density at radius 2 is 1.78 bits per heavy atom. The predicted octanol–water partition coefficient (Wildman–Crippen LogP) is 2.37. The molecule has 0 unspecified atom stereocenters. The summed E-state index contributed by atoms with van der Waals surface area (Å²) in [6.07, 6.45) is 0. The van der Waals surface area contributed by atoms with E-state index >= 15 is 0 Å². The maximum Gasteiger partial charge on any atom is 0.235 e. The van der Waals surface area contributed by atoms with Gasteiger partial charge in [-0.3, -0.25) is 4.79 Å². The van der Waals surface area contributed by atoms with Crippen molar-refractivity contribution in [2.45, 2.75) is 19.2 Å². The molecule has 0 aliphatic rings. The molecule has 0 fully saturated rings. The van der Waals surface area contributed by atoms with Gasteiger partial charge in [0.15, 0.2) is 9.84 Å². The summed E-state index contributed by atoms with van der Waals surface area (Å²) < 4.78 is 37.2. The van der Waals surface area contributed by atoms with Crippen molar-refractivity contribution in [3.8, 4) is 0 Å². The molecule has 2 rings (SSSR count). The van der Waals surface area contributed by atoms with Gasteiger partial charge in [0.2, 0.25) is 5.91 Å². The predicted molar refractivity (Wildman–Crippen MR) is 86.9 cm³/mol. The summed E-state index contributed by atoms with van der Waals surface area (Å²) in [5, 5.41) is 2.55. The second-order valence-corrected chi connectivity index (χ2v) is 7.44. The van der Waals surface area contributed by atoms with Crippen molar-refractivity contribution >= 4 is 15.7 Å². The standard InChI is InChI=1S/C17H18FNO3S/c1-13-9-15(7-8-16(13)18)10-19-17(20)12-23(21,22)11-14-5-3-2-4-6-14/h2-9H,10-12H2,1H3,(H,19,20). The van der Waals surface area contributed by atoms with Crippen LogP contribution in [0.1, 0.15) is 16.7 Å². The van der Waals surface area contributed by atoms with E-state index in [1.807, 2.05) is 0 Å². The monoisotopic (exact) mass is 335 g/mol. The highest BCUT2D eigenvalue weighted by Gasteiger charge is 2.17. The molecule has 0 heterocycles. The molecule has 6 heteroatoms. The van der Waals surface area contributed by atoms with E-state index in [9.17, 15) is 17.6 Å². The fourth-order valence-corrected chi connectivity index (χ4v) is 3.45. The number of rotatable bonds is 6. The first-order valence-electron chi connectivity index (χ1n) is 7.12. The minimum atomic E-state index is -3.53. The Morgan fingerprint density at radius 1 is 1.09 bits per heavy atom. The van der Waals surface area contributed by atoms with E-state index in [0.29, 0.717) is 11.1 Å². The zero-order valence-electron chi connectivity index (χ0n) is 12.8. The summed E-state index contributed by atoms with van der Waals surface area (Å²) in [7, 11) is -3.53. The molecule has 4 nitrogen and oxygen atoms in total. The minimum absolute atomic E-state index is 0.167. The Bertz CT molecular complexity index is 789. The van der Waals surface area contributed by atoms with Crippen LogP contribution in [-0.4, -0.2) is 20.1 Å². The van der Waals surface area contributed by atoms with Crippen LogP contribution in [0.3, 0.4) is 0 Å². The lowest BCUT2D eigenvalue weighted by Gasteiger charge is -2.08. The van der Waals surface area contributed by atoms with Crippen LogP contribution in [0.5, 0.6) is 0 Å². The molecule has 0 aliphatic carbocycles. The number of carbonyl (C=O) groups is 1. The van der Waals surface area contributed by atoms with Gasteiger partial charge in [0.25, 0.3) is 0 Å². The van der Waals surface area contributed by atoms with Crippen molar-refractivity contribution in [3.05, 3.63) is 71.0 Å². The minimum Gasteiger partial charge on any atom is -0.351 e. The van der Waals surface area contributed by atoms with Gasteiger partial charge in [0, 0.05) is 6.54 Å². The van der Waals surface area contributed by atoms with E-state index in [1.165, 1.54) is 6.07 Å². The summed E-state index contributed by atoms with van der Waals surface area (Å²) in [6, 6.07) is 13.2. The zero-order chi connectivity index (χ0) is 16.9. The molecule has 0 saturated heterocycles. The van der Waals surface area contributed by atoms with Crippen LogP contribution >= 0.6 is 0 Å². The van der Waals surface area contributed by atoms with Crippen LogP contribution in [0.2, 0.25) is 0 Å². The van der Waals surface area contributed by atoms with Crippen molar-refractivity contribution < 1.29 is 17.6 Å². The molecule has 23 heavy (non-hydrogen) atoms. The number of carbonyl (C=O) groups excluding carboxylic acids is 1. The molecule has 2 aromatic rings. The molecule has 122 valence electrons. The van der Waals surface area contributed by atoms with E-state index in [-0.39, 0.29) is 18.1 Å². The van der Waals surface area contributed by atoms with Gasteiger partial charge < -0.3 is 5.32 Å². The molecule has 0 saturated carbocycles. The number of aryl methyl sites for hydroxylation is 1. The molecule has 1 N–H and O–H groups in total. The van der Waals surface area contributed by atoms with Crippen LogP contribution in [0.15, 0.2) is 48.5 Å². The van der Waals surface area contributed by atoms with Gasteiger partial charge in [-0.2, -0.15) is 0 Å². The second kappa shape index (κ2) is 7.37. The topological polar surface area (TPSA) is 63.2 Å². The normalized spacial score (nSPS) is 11.2. The van der Waals surface area contributed by atoms with Gasteiger partial charge >= 0.3 is 0 Å². The molecule has 0 aromatic heterocycles. The third kappa shape index (κ3) is 5.49. The summed E-state index contributed by atoms with van der Waals surface area (Å²) >= 11 is 0. The highest BCUT2D eigenvalue weighted by molar-refractivity contribution is 7.91. The van der Waals surface area contributed by atoms with Gasteiger partial charge in [-0.1, -0.05) is 42.5 Å². The van der Waals surface area contributed by atoms with Gasteiger partial charge in [-0.25, -0.2) is 12.8 Å². The SMILES string of the molecule is Cc1cc(CNC(=O)CS(=O)(=O)Cc2ccccc2)ccc1F. The van der Waals surface area contributed by atoms with Crippen molar-refractivity contribution in [2.75, 3.05) is 5.75 Å². The Balaban J connectivity index is 1.89. The van der Waals surface area contributed by atoms with Crippen molar-refractivity contribution in [2.24, 2.45) is 0 Å². The van der Waals surface area contributed by atoms with Gasteiger partial charge in [-0.05, 0) is 29.7 Å². The Labute approximate surface area is 135 Å².